The van der Waals surface area contributed by atoms with Crippen molar-refractivity contribution in [2.75, 3.05) is 18.6 Å². The van der Waals surface area contributed by atoms with Crippen LogP contribution in [0.5, 0.6) is 17.2 Å². The van der Waals surface area contributed by atoms with Gasteiger partial charge in [0.25, 0.3) is 5.91 Å². The van der Waals surface area contributed by atoms with Gasteiger partial charge < -0.3 is 23.7 Å². The van der Waals surface area contributed by atoms with E-state index in [1.807, 2.05) is 20.8 Å². The van der Waals surface area contributed by atoms with Crippen LogP contribution in [0.1, 0.15) is 42.9 Å². The number of furan rings is 1. The first-order chi connectivity index (χ1) is 19.2. The van der Waals surface area contributed by atoms with Gasteiger partial charge in [-0.2, -0.15) is 0 Å². The summed E-state index contributed by atoms with van der Waals surface area (Å²) in [6, 6.07) is 17.8. The summed E-state index contributed by atoms with van der Waals surface area (Å²) in [5.41, 5.74) is 1.30. The number of ether oxygens (including phenoxy) is 3. The maximum Gasteiger partial charge on any atom is 0.294 e. The lowest BCUT2D eigenvalue weighted by Crippen LogP contribution is -2.31. The van der Waals surface area contributed by atoms with Crippen LogP contribution in [0.15, 0.2) is 82.5 Å². The smallest absolute Gasteiger partial charge is 0.294 e. The second-order valence-electron chi connectivity index (χ2n) is 9.47. The molecule has 0 aliphatic carbocycles. The van der Waals surface area contributed by atoms with Crippen molar-refractivity contribution in [2.24, 2.45) is 0 Å². The maximum atomic E-state index is 14.0. The van der Waals surface area contributed by atoms with Crippen LogP contribution in [0.3, 0.4) is 0 Å². The van der Waals surface area contributed by atoms with Gasteiger partial charge in [-0.3, -0.25) is 14.5 Å². The predicted molar refractivity (Wildman–Crippen MR) is 152 cm³/mol. The minimum Gasteiger partial charge on any atom is -0.503 e. The molecular formula is C31H28ClNO7. The maximum absolute atomic E-state index is 14.0. The number of carbonyl (C=O) groups is 2. The summed E-state index contributed by atoms with van der Waals surface area (Å²) < 4.78 is 22.6. The van der Waals surface area contributed by atoms with Gasteiger partial charge in [-0.05, 0) is 74.9 Å². The highest BCUT2D eigenvalue weighted by Gasteiger charge is 2.45. The number of nitrogens with zero attached hydrogens (tertiary/aromatic N) is 1. The SMILES string of the molecule is CCOc1ccc(N2C(=O)C(O)=C(C(=O)c3cc4cc(Cl)cc(OC)c4o3)C2c2ccc(OC(C)C)cc2)cc1. The Morgan fingerprint density at radius 2 is 1.73 bits per heavy atom. The number of aliphatic hydroxyl groups is 1. The third-order valence-corrected chi connectivity index (χ3v) is 6.66. The summed E-state index contributed by atoms with van der Waals surface area (Å²) in [5.74, 6) is -0.445. The van der Waals surface area contributed by atoms with Crippen molar-refractivity contribution < 1.29 is 33.3 Å². The molecule has 0 bridgehead atoms. The van der Waals surface area contributed by atoms with Gasteiger partial charge in [-0.15, -0.1) is 0 Å². The Hall–Kier alpha value is -4.43. The molecule has 9 heteroatoms. The van der Waals surface area contributed by atoms with Gasteiger partial charge in [0, 0.05) is 22.2 Å². The first-order valence-electron chi connectivity index (χ1n) is 12.8. The fraction of sp³-hybridized carbons (Fsp3) is 0.226. The third kappa shape index (κ3) is 4.98. The van der Waals surface area contributed by atoms with E-state index in [9.17, 15) is 14.7 Å². The molecule has 1 aliphatic heterocycles. The molecule has 8 nitrogen and oxygen atoms in total. The van der Waals surface area contributed by atoms with Crippen molar-refractivity contribution in [2.45, 2.75) is 32.9 Å². The molecule has 1 amide bonds. The summed E-state index contributed by atoms with van der Waals surface area (Å²) in [4.78, 5) is 28.9. The average Bonchev–Trinajstić information content (AvgIpc) is 3.47. The number of methoxy groups -OCH3 is 1. The number of aliphatic hydroxyl groups excluding tert-OH is 1. The number of hydrogen-bond donors (Lipinski definition) is 1. The van der Waals surface area contributed by atoms with E-state index in [1.165, 1.54) is 18.1 Å². The van der Waals surface area contributed by atoms with Crippen LogP contribution in [0, 0.1) is 0 Å². The quantitative estimate of drug-likeness (QED) is 0.218. The van der Waals surface area contributed by atoms with E-state index >= 15 is 0 Å². The molecular weight excluding hydrogens is 534 g/mol. The predicted octanol–water partition coefficient (Wildman–Crippen LogP) is 7.06. The zero-order valence-corrected chi connectivity index (χ0v) is 23.2. The summed E-state index contributed by atoms with van der Waals surface area (Å²) in [7, 11) is 1.47. The summed E-state index contributed by atoms with van der Waals surface area (Å²) >= 11 is 6.20. The van der Waals surface area contributed by atoms with Crippen LogP contribution >= 0.6 is 11.6 Å². The lowest BCUT2D eigenvalue weighted by Gasteiger charge is -2.27. The topological polar surface area (TPSA) is 98.4 Å². The zero-order chi connectivity index (χ0) is 28.6. The molecule has 1 aromatic heterocycles. The molecule has 5 rings (SSSR count). The van der Waals surface area contributed by atoms with Gasteiger partial charge >= 0.3 is 0 Å². The molecule has 1 N–H and O–H groups in total. The molecule has 0 radical (unpaired) electrons. The molecule has 206 valence electrons. The van der Waals surface area contributed by atoms with Crippen LogP contribution in [0.4, 0.5) is 5.69 Å². The van der Waals surface area contributed by atoms with E-state index in [-0.39, 0.29) is 17.4 Å². The summed E-state index contributed by atoms with van der Waals surface area (Å²) in [6.45, 7) is 6.21. The average molecular weight is 562 g/mol. The molecule has 0 spiro atoms. The van der Waals surface area contributed by atoms with Crippen molar-refractivity contribution in [1.29, 1.82) is 0 Å². The first-order valence-corrected chi connectivity index (χ1v) is 13.2. The molecule has 0 saturated heterocycles. The van der Waals surface area contributed by atoms with Gasteiger partial charge in [0.2, 0.25) is 5.78 Å². The van der Waals surface area contributed by atoms with E-state index < -0.39 is 23.5 Å². The normalized spacial score (nSPS) is 15.3. The Labute approximate surface area is 236 Å². The molecule has 40 heavy (non-hydrogen) atoms. The molecule has 4 aromatic rings. The van der Waals surface area contributed by atoms with E-state index in [2.05, 4.69) is 0 Å². The Morgan fingerprint density at radius 3 is 2.35 bits per heavy atom. The second kappa shape index (κ2) is 11.0. The van der Waals surface area contributed by atoms with E-state index in [4.69, 9.17) is 30.2 Å². The van der Waals surface area contributed by atoms with Crippen molar-refractivity contribution in [3.8, 4) is 17.2 Å². The van der Waals surface area contributed by atoms with Gasteiger partial charge in [-0.25, -0.2) is 0 Å². The Kier molecular flexibility index (Phi) is 7.45. The van der Waals surface area contributed by atoms with Gasteiger partial charge in [0.05, 0.1) is 31.4 Å². The number of benzene rings is 3. The summed E-state index contributed by atoms with van der Waals surface area (Å²) in [5, 5.41) is 12.1. The van der Waals surface area contributed by atoms with E-state index in [0.717, 1.165) is 0 Å². The van der Waals surface area contributed by atoms with Gasteiger partial charge in [0.15, 0.2) is 22.9 Å². The van der Waals surface area contributed by atoms with Crippen molar-refractivity contribution in [1.82, 2.24) is 0 Å². The molecule has 0 fully saturated rings. The summed E-state index contributed by atoms with van der Waals surface area (Å²) in [6.07, 6.45) is -0.0288. The monoisotopic (exact) mass is 561 g/mol. The van der Waals surface area contributed by atoms with Crippen molar-refractivity contribution in [3.63, 3.8) is 0 Å². The minimum atomic E-state index is -0.940. The van der Waals surface area contributed by atoms with E-state index in [1.54, 1.807) is 60.7 Å². The van der Waals surface area contributed by atoms with Crippen molar-refractivity contribution in [3.05, 3.63) is 94.4 Å². The molecule has 1 atom stereocenters. The van der Waals surface area contributed by atoms with E-state index in [0.29, 0.717) is 51.1 Å². The minimum absolute atomic E-state index is 0.0288. The van der Waals surface area contributed by atoms with Crippen LogP contribution < -0.4 is 19.1 Å². The fourth-order valence-corrected chi connectivity index (χ4v) is 4.99. The molecule has 3 aromatic carbocycles. The number of rotatable bonds is 9. The van der Waals surface area contributed by atoms with Crippen LogP contribution in [-0.4, -0.2) is 36.6 Å². The number of fused-ring (bicyclic) bond motifs is 1. The zero-order valence-electron chi connectivity index (χ0n) is 22.4. The highest BCUT2D eigenvalue weighted by Crippen LogP contribution is 2.43. The number of anilines is 1. The Bertz CT molecular complexity index is 1600. The largest absolute Gasteiger partial charge is 0.503 e. The van der Waals surface area contributed by atoms with Crippen molar-refractivity contribution >= 4 is 39.9 Å². The Balaban J connectivity index is 1.61. The Morgan fingerprint density at radius 1 is 1.05 bits per heavy atom. The highest BCUT2D eigenvalue weighted by atomic mass is 35.5. The number of hydrogen-bond acceptors (Lipinski definition) is 7. The van der Waals surface area contributed by atoms with Crippen LogP contribution in [0.25, 0.3) is 11.0 Å². The number of carbonyl (C=O) groups excluding carboxylic acids is 2. The first kappa shape index (κ1) is 27.1. The lowest BCUT2D eigenvalue weighted by molar-refractivity contribution is -0.117. The molecule has 0 saturated carbocycles. The molecule has 2 heterocycles. The standard InChI is InChI=1S/C31H28ClNO7/c1-5-38-22-12-8-21(9-13-22)33-27(18-6-10-23(11-7-18)39-17(2)3)26(29(35)31(33)36)28(34)24-15-19-14-20(32)16-25(37-4)30(19)40-24/h6-17,27,35H,5H2,1-4H3. The number of ketones is 1. The van der Waals surface area contributed by atoms with Gasteiger partial charge in [-0.1, -0.05) is 23.7 Å². The number of Topliss-reactive ketones (excluding diaryl/α,β-unsaturated/α-hetero) is 1. The third-order valence-electron chi connectivity index (χ3n) is 6.44. The second-order valence-corrected chi connectivity index (χ2v) is 9.91. The van der Waals surface area contributed by atoms with Crippen LogP contribution in [-0.2, 0) is 4.79 Å². The lowest BCUT2D eigenvalue weighted by atomic mass is 9.94. The molecule has 1 aliphatic rings. The van der Waals surface area contributed by atoms with Gasteiger partial charge in [0.1, 0.15) is 11.5 Å². The highest BCUT2D eigenvalue weighted by molar-refractivity contribution is 6.31. The fourth-order valence-electron chi connectivity index (χ4n) is 4.77. The number of amides is 1. The van der Waals surface area contributed by atoms with Crippen LogP contribution in [0.2, 0.25) is 5.02 Å². The number of halogens is 1. The molecule has 1 unspecified atom stereocenters.